The SMILES string of the molecule is COCCNCCNC(=O)CSc1cc(C)c(Br)cc1C. The zero-order valence-electron chi connectivity index (χ0n) is 12.8. The van der Waals surface area contributed by atoms with Crippen molar-refractivity contribution in [3.05, 3.63) is 27.7 Å². The molecule has 0 radical (unpaired) electrons. The van der Waals surface area contributed by atoms with E-state index in [2.05, 4.69) is 52.5 Å². The van der Waals surface area contributed by atoms with Gasteiger partial charge in [-0.15, -0.1) is 11.8 Å². The molecule has 21 heavy (non-hydrogen) atoms. The Kier molecular flexibility index (Phi) is 8.99. The second-order valence-corrected chi connectivity index (χ2v) is 6.62. The third kappa shape index (κ3) is 7.31. The van der Waals surface area contributed by atoms with Crippen molar-refractivity contribution < 1.29 is 9.53 Å². The Labute approximate surface area is 139 Å². The average Bonchev–Trinajstić information content (AvgIpc) is 2.45. The number of methoxy groups -OCH3 is 1. The van der Waals surface area contributed by atoms with E-state index in [1.165, 1.54) is 11.1 Å². The van der Waals surface area contributed by atoms with Gasteiger partial charge in [-0.25, -0.2) is 0 Å². The number of carbonyl (C=O) groups is 1. The van der Waals surface area contributed by atoms with E-state index in [1.54, 1.807) is 18.9 Å². The summed E-state index contributed by atoms with van der Waals surface area (Å²) in [6.07, 6.45) is 0. The van der Waals surface area contributed by atoms with Crippen molar-refractivity contribution >= 4 is 33.6 Å². The molecule has 0 heterocycles. The van der Waals surface area contributed by atoms with Gasteiger partial charge in [-0.05, 0) is 37.1 Å². The summed E-state index contributed by atoms with van der Waals surface area (Å²) in [4.78, 5) is 12.9. The Hall–Kier alpha value is -0.560. The number of hydrogen-bond acceptors (Lipinski definition) is 4. The summed E-state index contributed by atoms with van der Waals surface area (Å²) < 4.78 is 6.04. The number of benzene rings is 1. The van der Waals surface area contributed by atoms with Crippen LogP contribution in [0.15, 0.2) is 21.5 Å². The third-order valence-corrected chi connectivity index (χ3v) is 4.93. The van der Waals surface area contributed by atoms with E-state index < -0.39 is 0 Å². The smallest absolute Gasteiger partial charge is 0.230 e. The summed E-state index contributed by atoms with van der Waals surface area (Å²) in [6.45, 7) is 7.01. The van der Waals surface area contributed by atoms with Crippen LogP contribution in [0.25, 0.3) is 0 Å². The van der Waals surface area contributed by atoms with E-state index >= 15 is 0 Å². The van der Waals surface area contributed by atoms with Gasteiger partial charge in [0.15, 0.2) is 0 Å². The topological polar surface area (TPSA) is 50.4 Å². The molecule has 0 aliphatic heterocycles. The molecule has 1 aromatic rings. The highest BCUT2D eigenvalue weighted by Crippen LogP contribution is 2.28. The van der Waals surface area contributed by atoms with E-state index in [9.17, 15) is 4.79 Å². The molecule has 0 spiro atoms. The first-order valence-corrected chi connectivity index (χ1v) is 8.68. The van der Waals surface area contributed by atoms with Gasteiger partial charge in [0.1, 0.15) is 0 Å². The molecular formula is C15H23BrN2O2S. The van der Waals surface area contributed by atoms with Crippen LogP contribution >= 0.6 is 27.7 Å². The number of nitrogens with one attached hydrogen (secondary N) is 2. The Morgan fingerprint density at radius 1 is 1.24 bits per heavy atom. The summed E-state index contributed by atoms with van der Waals surface area (Å²) in [5.41, 5.74) is 2.37. The van der Waals surface area contributed by atoms with Crippen molar-refractivity contribution in [1.82, 2.24) is 10.6 Å². The average molecular weight is 375 g/mol. The van der Waals surface area contributed by atoms with Crippen LogP contribution in [0.2, 0.25) is 0 Å². The molecule has 1 rings (SSSR count). The van der Waals surface area contributed by atoms with E-state index in [4.69, 9.17) is 4.74 Å². The zero-order valence-corrected chi connectivity index (χ0v) is 15.2. The molecule has 0 aromatic heterocycles. The van der Waals surface area contributed by atoms with Crippen molar-refractivity contribution in [3.63, 3.8) is 0 Å². The minimum absolute atomic E-state index is 0.0634. The molecule has 0 aliphatic rings. The van der Waals surface area contributed by atoms with Gasteiger partial charge < -0.3 is 15.4 Å². The van der Waals surface area contributed by atoms with Gasteiger partial charge in [0, 0.05) is 36.1 Å². The summed E-state index contributed by atoms with van der Waals surface area (Å²) >= 11 is 5.09. The number of rotatable bonds is 9. The van der Waals surface area contributed by atoms with E-state index in [0.29, 0.717) is 18.9 Å². The Morgan fingerprint density at radius 2 is 2.00 bits per heavy atom. The van der Waals surface area contributed by atoms with E-state index in [-0.39, 0.29) is 5.91 Å². The fourth-order valence-corrected chi connectivity index (χ4v) is 3.09. The lowest BCUT2D eigenvalue weighted by atomic mass is 10.2. The van der Waals surface area contributed by atoms with Crippen LogP contribution in [0.4, 0.5) is 0 Å². The predicted molar refractivity (Wildman–Crippen MR) is 92.1 cm³/mol. The molecule has 4 nitrogen and oxygen atoms in total. The number of thioether (sulfide) groups is 1. The van der Waals surface area contributed by atoms with Crippen LogP contribution in [0.1, 0.15) is 11.1 Å². The summed E-state index contributed by atoms with van der Waals surface area (Å²) in [5, 5.41) is 6.09. The van der Waals surface area contributed by atoms with Gasteiger partial charge in [-0.2, -0.15) is 0 Å². The highest BCUT2D eigenvalue weighted by molar-refractivity contribution is 9.10. The molecule has 1 aromatic carbocycles. The second-order valence-electron chi connectivity index (χ2n) is 4.75. The van der Waals surface area contributed by atoms with Gasteiger partial charge in [0.25, 0.3) is 0 Å². The maximum absolute atomic E-state index is 11.8. The Balaban J connectivity index is 2.25. The lowest BCUT2D eigenvalue weighted by Crippen LogP contribution is -2.33. The first-order valence-electron chi connectivity index (χ1n) is 6.90. The first-order chi connectivity index (χ1) is 10.0. The van der Waals surface area contributed by atoms with Crippen molar-refractivity contribution in [2.24, 2.45) is 0 Å². The maximum atomic E-state index is 11.8. The Morgan fingerprint density at radius 3 is 2.71 bits per heavy atom. The van der Waals surface area contributed by atoms with Gasteiger partial charge in [0.2, 0.25) is 5.91 Å². The molecule has 0 atom stereocenters. The quantitative estimate of drug-likeness (QED) is 0.515. The largest absolute Gasteiger partial charge is 0.383 e. The van der Waals surface area contributed by atoms with Crippen molar-refractivity contribution in [1.29, 1.82) is 0 Å². The lowest BCUT2D eigenvalue weighted by Gasteiger charge is -2.09. The van der Waals surface area contributed by atoms with Gasteiger partial charge in [-0.1, -0.05) is 15.9 Å². The molecule has 0 bridgehead atoms. The number of carbonyl (C=O) groups excluding carboxylic acids is 1. The standard InChI is InChI=1S/C15H23BrN2O2S/c1-11-9-14(12(2)8-13(11)16)21-10-15(19)18-5-4-17-6-7-20-3/h8-9,17H,4-7,10H2,1-3H3,(H,18,19). The fraction of sp³-hybridized carbons (Fsp3) is 0.533. The molecule has 0 fully saturated rings. The van der Waals surface area contributed by atoms with Crippen LogP contribution in [0.5, 0.6) is 0 Å². The van der Waals surface area contributed by atoms with Crippen LogP contribution < -0.4 is 10.6 Å². The van der Waals surface area contributed by atoms with E-state index in [1.807, 2.05) is 0 Å². The predicted octanol–water partition coefficient (Wildman–Crippen LogP) is 2.51. The van der Waals surface area contributed by atoms with Gasteiger partial charge in [-0.3, -0.25) is 4.79 Å². The molecule has 0 unspecified atom stereocenters. The molecule has 6 heteroatoms. The zero-order chi connectivity index (χ0) is 15.7. The maximum Gasteiger partial charge on any atom is 0.230 e. The molecular weight excluding hydrogens is 352 g/mol. The summed E-state index contributed by atoms with van der Waals surface area (Å²) in [5.74, 6) is 0.508. The first kappa shape index (κ1) is 18.5. The normalized spacial score (nSPS) is 10.7. The van der Waals surface area contributed by atoms with Crippen LogP contribution in [0.3, 0.4) is 0 Å². The molecule has 118 valence electrons. The van der Waals surface area contributed by atoms with Crippen molar-refractivity contribution in [3.8, 4) is 0 Å². The van der Waals surface area contributed by atoms with Crippen LogP contribution in [-0.2, 0) is 9.53 Å². The van der Waals surface area contributed by atoms with Gasteiger partial charge >= 0.3 is 0 Å². The monoisotopic (exact) mass is 374 g/mol. The highest BCUT2D eigenvalue weighted by Gasteiger charge is 2.06. The third-order valence-electron chi connectivity index (χ3n) is 2.92. The Bertz CT molecular complexity index is 469. The number of hydrogen-bond donors (Lipinski definition) is 2. The number of ether oxygens (including phenoxy) is 1. The van der Waals surface area contributed by atoms with Gasteiger partial charge in [0.05, 0.1) is 12.4 Å². The number of amides is 1. The molecule has 2 N–H and O–H groups in total. The molecule has 0 aliphatic carbocycles. The minimum atomic E-state index is 0.0634. The molecule has 0 saturated heterocycles. The molecule has 0 saturated carbocycles. The van der Waals surface area contributed by atoms with Crippen LogP contribution in [0, 0.1) is 13.8 Å². The van der Waals surface area contributed by atoms with E-state index in [0.717, 1.165) is 22.5 Å². The summed E-state index contributed by atoms with van der Waals surface area (Å²) in [6, 6.07) is 4.21. The highest BCUT2D eigenvalue weighted by atomic mass is 79.9. The summed E-state index contributed by atoms with van der Waals surface area (Å²) in [7, 11) is 1.67. The lowest BCUT2D eigenvalue weighted by molar-refractivity contribution is -0.118. The fourth-order valence-electron chi connectivity index (χ4n) is 1.69. The van der Waals surface area contributed by atoms with Crippen LogP contribution in [-0.4, -0.2) is 45.0 Å². The second kappa shape index (κ2) is 10.2. The van der Waals surface area contributed by atoms with Crippen molar-refractivity contribution in [2.45, 2.75) is 18.7 Å². The number of aryl methyl sites for hydroxylation is 2. The minimum Gasteiger partial charge on any atom is -0.383 e. The van der Waals surface area contributed by atoms with Crippen molar-refractivity contribution in [2.75, 3.05) is 39.1 Å². The molecule has 1 amide bonds. The number of halogens is 1.